The van der Waals surface area contributed by atoms with Gasteiger partial charge in [0.25, 0.3) is 0 Å². The number of rotatable bonds is 53. The summed E-state index contributed by atoms with van der Waals surface area (Å²) in [4.78, 5) is 51.0. The average molecular weight is 1200 g/mol. The van der Waals surface area contributed by atoms with Crippen molar-refractivity contribution in [1.82, 2.24) is 16.0 Å². The van der Waals surface area contributed by atoms with Crippen LogP contribution < -0.4 is 20.7 Å². The van der Waals surface area contributed by atoms with Gasteiger partial charge in [-0.25, -0.2) is 13.2 Å². The van der Waals surface area contributed by atoms with Crippen molar-refractivity contribution in [2.75, 3.05) is 132 Å². The molecule has 0 aromatic heterocycles. The van der Waals surface area contributed by atoms with E-state index in [2.05, 4.69) is 45.4 Å². The van der Waals surface area contributed by atoms with Gasteiger partial charge in [0.05, 0.1) is 92.5 Å². The van der Waals surface area contributed by atoms with Gasteiger partial charge in [-0.05, 0) is 71.1 Å². The molecule has 1 aliphatic carbocycles. The van der Waals surface area contributed by atoms with Gasteiger partial charge in [0.2, 0.25) is 46.6 Å². The van der Waals surface area contributed by atoms with Gasteiger partial charge in [-0.15, -0.1) is 19.3 Å². The maximum atomic E-state index is 13.9. The molecule has 1 aromatic rings. The zero-order chi connectivity index (χ0) is 61.7. The van der Waals surface area contributed by atoms with Crippen molar-refractivity contribution < 1.29 is 88.5 Å². The summed E-state index contributed by atoms with van der Waals surface area (Å²) >= 11 is 0. The second-order valence-electron chi connectivity index (χ2n) is 19.7. The Morgan fingerprint density at radius 2 is 0.833 bits per heavy atom. The largest absolute Gasteiger partial charge is 0.420 e. The highest BCUT2D eigenvalue weighted by Crippen LogP contribution is 2.35. The number of benzene rings is 1. The number of ketones is 1. The molecule has 476 valence electrons. The molecule has 0 bridgehead atoms. The highest BCUT2D eigenvalue weighted by molar-refractivity contribution is 5.77. The second-order valence-corrected chi connectivity index (χ2v) is 19.7. The van der Waals surface area contributed by atoms with Gasteiger partial charge in [-0.2, -0.15) is 8.78 Å². The van der Waals surface area contributed by atoms with Crippen LogP contribution in [0.3, 0.4) is 0 Å². The Morgan fingerprint density at radius 3 is 1.23 bits per heavy atom. The summed E-state index contributed by atoms with van der Waals surface area (Å²) in [7, 11) is 0. The summed E-state index contributed by atoms with van der Waals surface area (Å²) in [5.74, 6) is -6.97. The Kier molecular flexibility index (Phi) is 47.7. The molecule has 0 heterocycles. The van der Waals surface area contributed by atoms with E-state index >= 15 is 0 Å². The lowest BCUT2D eigenvalue weighted by atomic mass is 9.80. The molecule has 1 saturated carbocycles. The van der Waals surface area contributed by atoms with Crippen LogP contribution in [0.1, 0.15) is 149 Å². The summed E-state index contributed by atoms with van der Waals surface area (Å²) < 4.78 is 120. The molecule has 84 heavy (non-hydrogen) atoms. The molecule has 0 aliphatic heterocycles. The van der Waals surface area contributed by atoms with Gasteiger partial charge in [0.15, 0.2) is 0 Å². The van der Waals surface area contributed by atoms with E-state index in [9.17, 15) is 41.1 Å². The van der Waals surface area contributed by atoms with Gasteiger partial charge >= 0.3 is 5.97 Å². The first-order valence-corrected chi connectivity index (χ1v) is 29.5. The van der Waals surface area contributed by atoms with E-state index in [-0.39, 0.29) is 56.5 Å². The Hall–Kier alpha value is -5.19. The monoisotopic (exact) mass is 1200 g/mol. The maximum absolute atomic E-state index is 13.9. The molecular weight excluding hydrogens is 1110 g/mol. The van der Waals surface area contributed by atoms with E-state index in [4.69, 9.17) is 61.9 Å². The SMILES string of the molecule is C#CCOCCOCCOCCCC.C#CCOCCOCCOCCNC(=O)CCC(CCC(C)=O)(CCC(=O)NCCOCCOCCOCC#C)NC(CCCCCCCCCCC(=O)Oc1c(F)c(F)c(F)c(F)c1F)=C1CCC1. The van der Waals surface area contributed by atoms with Crippen LogP contribution in [0.2, 0.25) is 0 Å². The van der Waals surface area contributed by atoms with Crippen molar-refractivity contribution in [1.29, 1.82) is 0 Å². The fraction of sp³-hybridized carbons (Fsp3) is 0.710. The molecule has 0 atom stereocenters. The number of ether oxygens (including phenoxy) is 10. The molecule has 0 spiro atoms. The smallest absolute Gasteiger partial charge is 0.311 e. The van der Waals surface area contributed by atoms with Crippen molar-refractivity contribution in [2.24, 2.45) is 0 Å². The fourth-order valence-electron chi connectivity index (χ4n) is 8.12. The molecule has 1 fully saturated rings. The Morgan fingerprint density at radius 1 is 0.464 bits per heavy atom. The minimum atomic E-state index is -2.33. The summed E-state index contributed by atoms with van der Waals surface area (Å²) in [6, 6.07) is 0. The molecule has 1 aliphatic rings. The number of Topliss-reactive ketones (excluding diaryl/α,β-unsaturated/α-hetero) is 1. The average Bonchev–Trinajstić information content (AvgIpc) is 2.76. The van der Waals surface area contributed by atoms with Crippen LogP contribution >= 0.6 is 0 Å². The highest BCUT2D eigenvalue weighted by Gasteiger charge is 2.34. The lowest BCUT2D eigenvalue weighted by Crippen LogP contribution is -2.47. The van der Waals surface area contributed by atoms with Gasteiger partial charge in [0, 0.05) is 56.6 Å². The first-order chi connectivity index (χ1) is 40.7. The molecule has 22 heteroatoms. The first kappa shape index (κ1) is 76.8. The second kappa shape index (κ2) is 52.2. The number of unbranched alkanes of at least 4 members (excludes halogenated alkanes) is 8. The molecule has 2 rings (SSSR count). The molecule has 0 radical (unpaired) electrons. The Labute approximate surface area is 495 Å². The first-order valence-electron chi connectivity index (χ1n) is 29.5. The molecule has 1 aromatic carbocycles. The number of halogens is 5. The van der Waals surface area contributed by atoms with Gasteiger partial charge in [-0.1, -0.05) is 75.2 Å². The third kappa shape index (κ3) is 39.4. The molecular formula is C62H94F5N3O14. The Balaban J connectivity index is 0.00000221. The van der Waals surface area contributed by atoms with Crippen LogP contribution in [-0.2, 0) is 61.8 Å². The van der Waals surface area contributed by atoms with Crippen LogP contribution in [-0.4, -0.2) is 161 Å². The van der Waals surface area contributed by atoms with Gasteiger partial charge in [-0.3, -0.25) is 14.4 Å². The predicted octanol–water partition coefficient (Wildman–Crippen LogP) is 8.95. The van der Waals surface area contributed by atoms with E-state index in [0.29, 0.717) is 144 Å². The number of terminal acetylenes is 3. The van der Waals surface area contributed by atoms with Gasteiger partial charge < -0.3 is 68.1 Å². The number of amides is 2. The summed E-state index contributed by atoms with van der Waals surface area (Å²) in [5.41, 5.74) is 1.68. The molecule has 0 unspecified atom stereocenters. The maximum Gasteiger partial charge on any atom is 0.311 e. The van der Waals surface area contributed by atoms with Crippen LogP contribution in [0.15, 0.2) is 11.3 Å². The normalized spacial score (nSPS) is 11.8. The fourth-order valence-corrected chi connectivity index (χ4v) is 8.12. The third-order valence-electron chi connectivity index (χ3n) is 12.9. The summed E-state index contributed by atoms with van der Waals surface area (Å²) in [5, 5.41) is 9.68. The molecule has 3 N–H and O–H groups in total. The van der Waals surface area contributed by atoms with E-state index in [1.165, 1.54) is 18.9 Å². The van der Waals surface area contributed by atoms with Crippen molar-refractivity contribution >= 4 is 23.6 Å². The van der Waals surface area contributed by atoms with E-state index in [0.717, 1.165) is 82.9 Å². The zero-order valence-corrected chi connectivity index (χ0v) is 49.8. The lowest BCUT2D eigenvalue weighted by molar-refractivity contribution is -0.135. The third-order valence-corrected chi connectivity index (χ3v) is 12.9. The summed E-state index contributed by atoms with van der Waals surface area (Å²) in [6.45, 7) is 11.9. The minimum Gasteiger partial charge on any atom is -0.420 e. The van der Waals surface area contributed by atoms with Crippen molar-refractivity contribution in [3.63, 3.8) is 0 Å². The molecule has 0 saturated heterocycles. The lowest BCUT2D eigenvalue weighted by Gasteiger charge is -2.39. The van der Waals surface area contributed by atoms with Crippen molar-refractivity contribution in [2.45, 2.75) is 154 Å². The number of carbonyl (C=O) groups is 4. The zero-order valence-electron chi connectivity index (χ0n) is 49.8. The molecule has 17 nitrogen and oxygen atoms in total. The number of hydrogen-bond acceptors (Lipinski definition) is 15. The van der Waals surface area contributed by atoms with Crippen LogP contribution in [0.5, 0.6) is 5.75 Å². The minimum absolute atomic E-state index is 0.00412. The van der Waals surface area contributed by atoms with Crippen molar-refractivity contribution in [3.8, 4) is 42.8 Å². The standard InChI is InChI=1S/C51H74F5N3O11.C11H20O3/c1-4-27-64-31-35-68-37-33-66-29-25-57-42(61)20-23-51(22-19-39(3)60,24-21-43(62)58-26-30-67-34-38-69-36-32-65-28-5-2)59-41(40-15-14-16-40)17-12-10-8-6-7-9-11-13-18-44(63)70-50-48(55)46(53)45(52)47(54)49(50)56;1-3-5-7-13-9-11-14-10-8-12-6-4-2/h1-2,59H,6-38H2,3H3,(H,57,61)(H,58,62);2H,3,5-11H2,1H3. The van der Waals surface area contributed by atoms with Crippen molar-refractivity contribution in [3.05, 3.63) is 40.4 Å². The number of nitrogens with one attached hydrogen (secondary N) is 3. The summed E-state index contributed by atoms with van der Waals surface area (Å²) in [6.07, 6.45) is 29.1. The predicted molar refractivity (Wildman–Crippen MR) is 308 cm³/mol. The van der Waals surface area contributed by atoms with E-state index < -0.39 is 46.3 Å². The Bertz CT molecular complexity index is 2050. The highest BCUT2D eigenvalue weighted by atomic mass is 19.2. The topological polar surface area (TPSA) is 197 Å². The number of hydrogen-bond donors (Lipinski definition) is 3. The van der Waals surface area contributed by atoms with Gasteiger partial charge in [0.1, 0.15) is 25.6 Å². The number of esters is 1. The van der Waals surface area contributed by atoms with E-state index in [1.807, 2.05) is 0 Å². The number of carbonyl (C=O) groups excluding carboxylic acids is 4. The quantitative estimate of drug-likeness (QED) is 0.0106. The van der Waals surface area contributed by atoms with Crippen LogP contribution in [0.4, 0.5) is 22.0 Å². The van der Waals surface area contributed by atoms with Crippen LogP contribution in [0, 0.1) is 66.1 Å². The van der Waals surface area contributed by atoms with Crippen LogP contribution in [0.25, 0.3) is 0 Å². The number of allylic oxidation sites excluding steroid dienone is 2. The molecule has 2 amide bonds. The van der Waals surface area contributed by atoms with E-state index in [1.54, 1.807) is 0 Å².